The Balaban J connectivity index is 3.06. The van der Waals surface area contributed by atoms with E-state index in [4.69, 9.17) is 14.2 Å². The molecule has 12 nitrogen and oxygen atoms in total. The molecule has 0 amide bonds. The van der Waals surface area contributed by atoms with Crippen LogP contribution in [-0.4, -0.2) is 65.2 Å². The van der Waals surface area contributed by atoms with Crippen LogP contribution >= 0.6 is 64.8 Å². The summed E-state index contributed by atoms with van der Waals surface area (Å²) in [6, 6.07) is 0. The van der Waals surface area contributed by atoms with Crippen molar-refractivity contribution in [2.24, 2.45) is 0 Å². The van der Waals surface area contributed by atoms with Gasteiger partial charge < -0.3 is 14.2 Å². The number of hydrogen-bond acceptors (Lipinski definition) is 15. The molecule has 0 radical (unpaired) electrons. The van der Waals surface area contributed by atoms with E-state index >= 15 is 0 Å². The van der Waals surface area contributed by atoms with E-state index in [1.807, 2.05) is 41.5 Å². The lowest BCUT2D eigenvalue weighted by atomic mass is 10.6. The van der Waals surface area contributed by atoms with E-state index in [1.54, 1.807) is 0 Å². The average Bonchev–Trinajstić information content (AvgIpc) is 2.86. The highest BCUT2D eigenvalue weighted by molar-refractivity contribution is 8.82. The zero-order chi connectivity index (χ0) is 29.5. The van der Waals surface area contributed by atoms with Gasteiger partial charge in [0.1, 0.15) is 19.8 Å². The maximum atomic E-state index is 13.0. The predicted molar refractivity (Wildman–Crippen MR) is 164 cm³/mol. The van der Waals surface area contributed by atoms with Crippen molar-refractivity contribution < 1.29 is 28.6 Å². The summed E-state index contributed by atoms with van der Waals surface area (Å²) in [6.07, 6.45) is 0. The van der Waals surface area contributed by atoms with E-state index < -0.39 is 33.0 Å². The highest BCUT2D eigenvalue weighted by Crippen LogP contribution is 2.29. The fourth-order valence-corrected chi connectivity index (χ4v) is 6.48. The van der Waals surface area contributed by atoms with Gasteiger partial charge in [-0.15, -0.1) is 0 Å². The van der Waals surface area contributed by atoms with E-state index in [0.717, 1.165) is 46.1 Å². The third kappa shape index (κ3) is 14.4. The van der Waals surface area contributed by atoms with E-state index in [9.17, 15) is 28.8 Å². The van der Waals surface area contributed by atoms with Crippen molar-refractivity contribution >= 4 is 80.7 Å². The highest BCUT2D eigenvalue weighted by atomic mass is 33.1. The predicted octanol–water partition coefficient (Wildman–Crippen LogP) is 4.95. The molecule has 1 aromatic heterocycles. The maximum Gasteiger partial charge on any atom is 0.378 e. The van der Waals surface area contributed by atoms with E-state index in [-0.39, 0.29) is 55.2 Å². The summed E-state index contributed by atoms with van der Waals surface area (Å²) in [7, 11) is 6.62. The number of aromatic nitrogens is 3. The van der Waals surface area contributed by atoms with Crippen molar-refractivity contribution in [1.29, 1.82) is 0 Å². The molecule has 39 heavy (non-hydrogen) atoms. The highest BCUT2D eigenvalue weighted by Gasteiger charge is 2.18. The third-order valence-corrected chi connectivity index (χ3v) is 11.7. The van der Waals surface area contributed by atoms with Gasteiger partial charge in [0.25, 0.3) is 0 Å². The van der Waals surface area contributed by atoms with Gasteiger partial charge >= 0.3 is 33.0 Å². The Labute approximate surface area is 250 Å². The van der Waals surface area contributed by atoms with Gasteiger partial charge in [-0.3, -0.25) is 0 Å². The van der Waals surface area contributed by atoms with E-state index in [1.165, 1.54) is 32.4 Å². The summed E-state index contributed by atoms with van der Waals surface area (Å²) in [5, 5.41) is -1.18. The van der Waals surface area contributed by atoms with Crippen LogP contribution in [-0.2, 0) is 33.8 Å². The standard InChI is InChI=1S/C21H33N3O9S6/c1-13(2)34-37-19(28)31-10-7-22-16(25)23(8-11-32-20(29)38-35-14(3)4)18(27)24(17(22)26)9-12-33-21(30)39-36-15(5)6/h13-15H,7-12H2,1-6H3. The van der Waals surface area contributed by atoms with Gasteiger partial charge in [0, 0.05) is 48.1 Å². The number of nitrogens with zero attached hydrogens (tertiary/aromatic N) is 3. The molecule has 222 valence electrons. The van der Waals surface area contributed by atoms with E-state index in [0.29, 0.717) is 0 Å². The van der Waals surface area contributed by atoms with Gasteiger partial charge in [0.2, 0.25) is 0 Å². The lowest BCUT2D eigenvalue weighted by Crippen LogP contribution is -2.55. The molecule has 1 heterocycles. The van der Waals surface area contributed by atoms with E-state index in [2.05, 4.69) is 0 Å². The molecule has 0 aromatic carbocycles. The zero-order valence-corrected chi connectivity index (χ0v) is 27.3. The average molecular weight is 664 g/mol. The van der Waals surface area contributed by atoms with Gasteiger partial charge in [0.05, 0.1) is 19.6 Å². The first kappa shape index (κ1) is 35.9. The van der Waals surface area contributed by atoms with Crippen molar-refractivity contribution in [3.05, 3.63) is 31.5 Å². The SMILES string of the molecule is CC(C)SSC(=O)OCCn1c(=O)n(CCOC(=O)SSC(C)C)c(=O)n(CCOC(=O)SSC(C)C)c1=O. The van der Waals surface area contributed by atoms with Crippen LogP contribution in [0.25, 0.3) is 0 Å². The Morgan fingerprint density at radius 1 is 0.538 bits per heavy atom. The molecular formula is C21H33N3O9S6. The summed E-state index contributed by atoms with van der Waals surface area (Å²) in [5.41, 5.74) is -2.83. The number of carbonyl (C=O) groups is 3. The molecule has 0 aliphatic carbocycles. The first-order chi connectivity index (χ1) is 18.3. The Morgan fingerprint density at radius 2 is 0.769 bits per heavy atom. The molecule has 0 fully saturated rings. The topological polar surface area (TPSA) is 145 Å². The molecule has 18 heteroatoms. The molecule has 1 rings (SSSR count). The van der Waals surface area contributed by atoms with Gasteiger partial charge in [-0.1, -0.05) is 73.9 Å². The molecule has 0 bridgehead atoms. The second kappa shape index (κ2) is 19.1. The van der Waals surface area contributed by atoms with Crippen molar-refractivity contribution in [1.82, 2.24) is 13.7 Å². The summed E-state index contributed by atoms with van der Waals surface area (Å²) >= 11 is 0. The van der Waals surface area contributed by atoms with Crippen LogP contribution in [0, 0.1) is 0 Å². The van der Waals surface area contributed by atoms with Crippen LogP contribution in [0.5, 0.6) is 0 Å². The minimum atomic E-state index is -0.942. The molecule has 0 aliphatic rings. The zero-order valence-electron chi connectivity index (χ0n) is 22.4. The Hall–Kier alpha value is -1.08. The largest absolute Gasteiger partial charge is 0.455 e. The van der Waals surface area contributed by atoms with Crippen molar-refractivity contribution in [3.8, 4) is 0 Å². The fraction of sp³-hybridized carbons (Fsp3) is 0.714. The summed E-state index contributed by atoms with van der Waals surface area (Å²) < 4.78 is 17.5. The second-order valence-corrected chi connectivity index (χ2v) is 16.4. The van der Waals surface area contributed by atoms with Crippen LogP contribution in [0.2, 0.25) is 0 Å². The number of rotatable bonds is 15. The summed E-state index contributed by atoms with van der Waals surface area (Å²) in [4.78, 5) is 74.6. The maximum absolute atomic E-state index is 13.0. The summed E-state index contributed by atoms with van der Waals surface area (Å²) in [6.45, 7) is 9.69. The van der Waals surface area contributed by atoms with Crippen molar-refractivity contribution in [2.45, 2.75) is 76.9 Å². The molecule has 0 saturated heterocycles. The first-order valence-electron chi connectivity index (χ1n) is 11.8. The Bertz CT molecular complexity index is 965. The molecular weight excluding hydrogens is 631 g/mol. The lowest BCUT2D eigenvalue weighted by molar-refractivity contribution is 0.162. The molecule has 0 atom stereocenters. The van der Waals surface area contributed by atoms with Crippen molar-refractivity contribution in [3.63, 3.8) is 0 Å². The van der Waals surface area contributed by atoms with Crippen LogP contribution in [0.3, 0.4) is 0 Å². The molecule has 1 aromatic rings. The molecule has 0 aliphatic heterocycles. The lowest BCUT2D eigenvalue weighted by Gasteiger charge is -2.14. The first-order valence-corrected chi connectivity index (χ1v) is 18.4. The van der Waals surface area contributed by atoms with Crippen LogP contribution in [0.15, 0.2) is 14.4 Å². The number of carbonyl (C=O) groups excluding carboxylic acids is 3. The molecule has 0 saturated carbocycles. The molecule has 0 spiro atoms. The van der Waals surface area contributed by atoms with Crippen LogP contribution < -0.4 is 17.1 Å². The fourth-order valence-electron chi connectivity index (χ4n) is 2.40. The quantitative estimate of drug-likeness (QED) is 0.142. The summed E-state index contributed by atoms with van der Waals surface area (Å²) in [5.74, 6) is 0. The smallest absolute Gasteiger partial charge is 0.378 e. The van der Waals surface area contributed by atoms with Crippen molar-refractivity contribution in [2.75, 3.05) is 19.8 Å². The third-order valence-electron chi connectivity index (χ3n) is 3.92. The Kier molecular flexibility index (Phi) is 17.6. The van der Waals surface area contributed by atoms with Gasteiger partial charge in [-0.25, -0.2) is 42.5 Å². The number of hydrogen-bond donors (Lipinski definition) is 0. The van der Waals surface area contributed by atoms with Crippen LogP contribution in [0.1, 0.15) is 41.5 Å². The monoisotopic (exact) mass is 663 g/mol. The second-order valence-electron chi connectivity index (χ2n) is 8.28. The van der Waals surface area contributed by atoms with Gasteiger partial charge in [0.15, 0.2) is 0 Å². The van der Waals surface area contributed by atoms with Gasteiger partial charge in [-0.05, 0) is 0 Å². The molecule has 0 N–H and O–H groups in total. The minimum Gasteiger partial charge on any atom is -0.455 e. The van der Waals surface area contributed by atoms with Gasteiger partial charge in [-0.2, -0.15) is 0 Å². The Morgan fingerprint density at radius 3 is 0.974 bits per heavy atom. The minimum absolute atomic E-state index is 0.189. The molecule has 0 unspecified atom stereocenters. The van der Waals surface area contributed by atoms with Crippen LogP contribution in [0.4, 0.5) is 14.4 Å². The normalized spacial score (nSPS) is 11.3. The number of ether oxygens (including phenoxy) is 3.